The normalized spacial score (nSPS) is 23.0. The maximum absolute atomic E-state index is 11.4. The van der Waals surface area contributed by atoms with Crippen LogP contribution in [0.2, 0.25) is 5.02 Å². The van der Waals surface area contributed by atoms with Gasteiger partial charge in [-0.2, -0.15) is 10.4 Å². The number of carboxylic acid groups (broad SMARTS) is 1. The van der Waals surface area contributed by atoms with Crippen LogP contribution in [0.5, 0.6) is 0 Å². The van der Waals surface area contributed by atoms with E-state index < -0.39 is 5.97 Å². The maximum Gasteiger partial charge on any atom is 0.354 e. The second kappa shape index (κ2) is 7.97. The van der Waals surface area contributed by atoms with E-state index in [2.05, 4.69) is 16.1 Å². The van der Waals surface area contributed by atoms with Crippen molar-refractivity contribution in [3.63, 3.8) is 0 Å². The predicted molar refractivity (Wildman–Crippen MR) is 119 cm³/mol. The first-order chi connectivity index (χ1) is 15.1. The summed E-state index contributed by atoms with van der Waals surface area (Å²) in [4.78, 5) is 15.8. The third-order valence-corrected chi connectivity index (χ3v) is 7.19. The number of hydrogen-bond donors (Lipinski definition) is 1. The first-order valence-corrected chi connectivity index (χ1v) is 11.3. The largest absolute Gasteiger partial charge is 0.477 e. The smallest absolute Gasteiger partial charge is 0.354 e. The van der Waals surface area contributed by atoms with Gasteiger partial charge in [0.15, 0.2) is 0 Å². The molecule has 1 N–H and O–H groups in total. The molecule has 31 heavy (non-hydrogen) atoms. The Labute approximate surface area is 186 Å². The van der Waals surface area contributed by atoms with Crippen LogP contribution >= 0.6 is 11.6 Å². The van der Waals surface area contributed by atoms with Crippen molar-refractivity contribution >= 4 is 29.0 Å². The van der Waals surface area contributed by atoms with E-state index in [0.717, 1.165) is 41.9 Å². The Morgan fingerprint density at radius 2 is 1.97 bits per heavy atom. The number of benzene rings is 1. The van der Waals surface area contributed by atoms with Crippen LogP contribution in [0.15, 0.2) is 35.4 Å². The molecule has 0 amide bonds. The minimum absolute atomic E-state index is 0.0823. The molecule has 2 atom stereocenters. The highest BCUT2D eigenvalue weighted by atomic mass is 35.5. The number of nitriles is 1. The molecule has 2 aliphatic carbocycles. The van der Waals surface area contributed by atoms with E-state index in [4.69, 9.17) is 16.7 Å². The molecule has 3 aliphatic rings. The monoisotopic (exact) mass is 434 g/mol. The Bertz CT molecular complexity index is 1120. The van der Waals surface area contributed by atoms with Gasteiger partial charge >= 0.3 is 5.97 Å². The highest BCUT2D eigenvalue weighted by Gasteiger charge is 2.45. The van der Waals surface area contributed by atoms with Crippen LogP contribution in [-0.4, -0.2) is 27.8 Å². The van der Waals surface area contributed by atoms with Crippen molar-refractivity contribution in [2.45, 2.75) is 51.0 Å². The molecule has 1 fully saturated rings. The minimum Gasteiger partial charge on any atom is -0.477 e. The van der Waals surface area contributed by atoms with E-state index in [1.807, 2.05) is 18.2 Å². The molecular weight excluding hydrogens is 412 g/mol. The molecular formula is C24H23ClN4O2. The van der Waals surface area contributed by atoms with Crippen molar-refractivity contribution in [3.8, 4) is 6.07 Å². The fraction of sp³-hybridized carbons (Fsp3) is 0.417. The van der Waals surface area contributed by atoms with Gasteiger partial charge in [0.25, 0.3) is 0 Å². The SMILES string of the molecule is N#Cc1ccc(N2N=C3c4ccc(C(=O)O)nc4CCC[C@@H]3C2C2CCCC2)cc1Cl. The van der Waals surface area contributed by atoms with Crippen LogP contribution in [0.4, 0.5) is 5.69 Å². The van der Waals surface area contributed by atoms with Crippen molar-refractivity contribution in [2.75, 3.05) is 5.01 Å². The Hall–Kier alpha value is -2.91. The topological polar surface area (TPSA) is 89.6 Å². The Balaban J connectivity index is 1.61. The van der Waals surface area contributed by atoms with Crippen molar-refractivity contribution in [3.05, 3.63) is 57.9 Å². The molecule has 1 aliphatic heterocycles. The fourth-order valence-corrected chi connectivity index (χ4v) is 5.70. The summed E-state index contributed by atoms with van der Waals surface area (Å²) in [6.45, 7) is 0. The van der Waals surface area contributed by atoms with E-state index in [0.29, 0.717) is 16.5 Å². The number of hydrazone groups is 1. The van der Waals surface area contributed by atoms with Gasteiger partial charge in [0, 0.05) is 11.5 Å². The number of fused-ring (bicyclic) bond motifs is 3. The molecule has 158 valence electrons. The highest BCUT2D eigenvalue weighted by Crippen LogP contribution is 2.44. The van der Waals surface area contributed by atoms with Crippen molar-refractivity contribution in [1.82, 2.24) is 4.98 Å². The van der Waals surface area contributed by atoms with E-state index >= 15 is 0 Å². The predicted octanol–water partition coefficient (Wildman–Crippen LogP) is 5.04. The molecule has 5 rings (SSSR count). The standard InChI is InChI=1S/C24H23ClN4O2/c25-19-12-16(9-8-15(19)13-26)29-23(14-4-1-2-5-14)18-6-3-7-20-17(22(18)28-29)10-11-21(27-20)24(30)31/h8-12,14,18,23H,1-7H2,(H,30,31)/t18-,23?/m0/s1. The van der Waals surface area contributed by atoms with Crippen molar-refractivity contribution < 1.29 is 9.90 Å². The second-order valence-corrected chi connectivity index (χ2v) is 9.04. The molecule has 1 unspecified atom stereocenters. The number of anilines is 1. The second-order valence-electron chi connectivity index (χ2n) is 8.64. The lowest BCUT2D eigenvalue weighted by atomic mass is 9.81. The molecule has 6 nitrogen and oxygen atoms in total. The first kappa shape index (κ1) is 20.0. The molecule has 1 saturated carbocycles. The molecule has 2 aromatic rings. The molecule has 1 aromatic carbocycles. The summed E-state index contributed by atoms with van der Waals surface area (Å²) in [6.07, 6.45) is 7.58. The maximum atomic E-state index is 11.4. The molecule has 0 bridgehead atoms. The van der Waals surface area contributed by atoms with Gasteiger partial charge in [-0.15, -0.1) is 0 Å². The van der Waals surface area contributed by atoms with Gasteiger partial charge in [-0.1, -0.05) is 24.4 Å². The number of aromatic carboxylic acids is 1. The summed E-state index contributed by atoms with van der Waals surface area (Å²) in [6, 6.07) is 11.3. The Kier molecular flexibility index (Phi) is 5.15. The number of hydrogen-bond acceptors (Lipinski definition) is 5. The molecule has 0 radical (unpaired) electrons. The fourth-order valence-electron chi connectivity index (χ4n) is 5.48. The Morgan fingerprint density at radius 1 is 1.16 bits per heavy atom. The first-order valence-electron chi connectivity index (χ1n) is 10.9. The number of halogens is 1. The van der Waals surface area contributed by atoms with Crippen LogP contribution in [0.25, 0.3) is 0 Å². The van der Waals surface area contributed by atoms with Crippen LogP contribution in [-0.2, 0) is 6.42 Å². The number of aromatic nitrogens is 1. The van der Waals surface area contributed by atoms with Gasteiger partial charge in [-0.25, -0.2) is 9.78 Å². The molecule has 7 heteroatoms. The van der Waals surface area contributed by atoms with Crippen LogP contribution in [0, 0.1) is 23.2 Å². The van der Waals surface area contributed by atoms with Gasteiger partial charge < -0.3 is 5.11 Å². The van der Waals surface area contributed by atoms with Gasteiger partial charge in [-0.05, 0) is 68.4 Å². The van der Waals surface area contributed by atoms with Gasteiger partial charge in [0.2, 0.25) is 0 Å². The lowest BCUT2D eigenvalue weighted by Crippen LogP contribution is -2.39. The lowest BCUT2D eigenvalue weighted by Gasteiger charge is -2.33. The number of carboxylic acids is 1. The summed E-state index contributed by atoms with van der Waals surface area (Å²) >= 11 is 6.36. The summed E-state index contributed by atoms with van der Waals surface area (Å²) in [7, 11) is 0. The van der Waals surface area contributed by atoms with Gasteiger partial charge in [0.05, 0.1) is 33.7 Å². The molecule has 2 heterocycles. The number of rotatable bonds is 3. The van der Waals surface area contributed by atoms with Crippen LogP contribution < -0.4 is 5.01 Å². The average molecular weight is 435 g/mol. The zero-order chi connectivity index (χ0) is 21.5. The quantitative estimate of drug-likeness (QED) is 0.730. The van der Waals surface area contributed by atoms with Crippen LogP contribution in [0.1, 0.15) is 65.8 Å². The summed E-state index contributed by atoms with van der Waals surface area (Å²) in [5.74, 6) is -0.181. The molecule has 1 aromatic heterocycles. The van der Waals surface area contributed by atoms with E-state index in [9.17, 15) is 15.2 Å². The average Bonchev–Trinajstić information content (AvgIpc) is 3.38. The Morgan fingerprint density at radius 3 is 2.68 bits per heavy atom. The zero-order valence-electron chi connectivity index (χ0n) is 17.1. The van der Waals surface area contributed by atoms with Gasteiger partial charge in [0.1, 0.15) is 11.8 Å². The summed E-state index contributed by atoms with van der Waals surface area (Å²) in [5.41, 5.74) is 4.25. The van der Waals surface area contributed by atoms with Crippen molar-refractivity contribution in [2.24, 2.45) is 16.9 Å². The molecule has 0 saturated heterocycles. The number of nitrogens with zero attached hydrogens (tertiary/aromatic N) is 4. The van der Waals surface area contributed by atoms with E-state index in [1.54, 1.807) is 12.1 Å². The number of carbonyl (C=O) groups is 1. The lowest BCUT2D eigenvalue weighted by molar-refractivity contribution is 0.0690. The van der Waals surface area contributed by atoms with E-state index in [1.165, 1.54) is 25.7 Å². The van der Waals surface area contributed by atoms with Crippen LogP contribution in [0.3, 0.4) is 0 Å². The van der Waals surface area contributed by atoms with Gasteiger partial charge in [-0.3, -0.25) is 5.01 Å². The summed E-state index contributed by atoms with van der Waals surface area (Å²) < 4.78 is 0. The minimum atomic E-state index is -1.00. The summed E-state index contributed by atoms with van der Waals surface area (Å²) in [5, 5.41) is 26.2. The molecule has 0 spiro atoms. The third kappa shape index (κ3) is 3.47. The van der Waals surface area contributed by atoms with E-state index in [-0.39, 0.29) is 17.7 Å². The van der Waals surface area contributed by atoms with Crippen molar-refractivity contribution in [1.29, 1.82) is 5.26 Å². The zero-order valence-corrected chi connectivity index (χ0v) is 17.8. The highest BCUT2D eigenvalue weighted by molar-refractivity contribution is 6.32. The number of aryl methyl sites for hydroxylation is 1. The number of pyridine rings is 1. The third-order valence-electron chi connectivity index (χ3n) is 6.88.